The molecule has 90 valence electrons. The molecule has 4 heteroatoms. The van der Waals surface area contributed by atoms with Crippen molar-refractivity contribution >= 4 is 38.9 Å². The Morgan fingerprint density at radius 3 is 2.88 bits per heavy atom. The van der Waals surface area contributed by atoms with Crippen molar-refractivity contribution in [2.75, 3.05) is 0 Å². The van der Waals surface area contributed by atoms with Gasteiger partial charge in [-0.2, -0.15) is 0 Å². The molecule has 1 nitrogen and oxygen atoms in total. The van der Waals surface area contributed by atoms with Crippen molar-refractivity contribution in [3.63, 3.8) is 0 Å². The Balaban J connectivity index is 1.83. The quantitative estimate of drug-likeness (QED) is 0.636. The van der Waals surface area contributed by atoms with E-state index in [0.717, 1.165) is 13.0 Å². The maximum Gasteiger partial charge on any atom is 0.0701 e. The van der Waals surface area contributed by atoms with Crippen LogP contribution in [0.1, 0.15) is 37.0 Å². The van der Waals surface area contributed by atoms with E-state index in [1.165, 1.54) is 34.3 Å². The van der Waals surface area contributed by atoms with Crippen molar-refractivity contribution < 1.29 is 0 Å². The van der Waals surface area contributed by atoms with Gasteiger partial charge in [0.15, 0.2) is 0 Å². The fraction of sp³-hybridized carbons (Fsp3) is 0.667. The van der Waals surface area contributed by atoms with Crippen LogP contribution in [0.5, 0.6) is 0 Å². The lowest BCUT2D eigenvalue weighted by molar-refractivity contribution is 0.467. The molecule has 0 aromatic carbocycles. The first kappa shape index (κ1) is 12.9. The zero-order chi connectivity index (χ0) is 11.4. The number of thiophene rings is 1. The monoisotopic (exact) mass is 321 g/mol. The molecule has 1 N–H and O–H groups in total. The minimum absolute atomic E-state index is 0.311. The fourth-order valence-electron chi connectivity index (χ4n) is 2.17. The van der Waals surface area contributed by atoms with Gasteiger partial charge in [0.1, 0.15) is 0 Å². The van der Waals surface area contributed by atoms with Crippen LogP contribution in [0.3, 0.4) is 0 Å². The van der Waals surface area contributed by atoms with Gasteiger partial charge in [0.25, 0.3) is 0 Å². The zero-order valence-corrected chi connectivity index (χ0v) is 12.4. The smallest absolute Gasteiger partial charge is 0.0701 e. The van der Waals surface area contributed by atoms with Gasteiger partial charge in [-0.25, -0.2) is 0 Å². The Morgan fingerprint density at radius 2 is 2.12 bits per heavy atom. The SMILES string of the molecule is ClC1CCCCCC1NCc1ccc(Br)s1. The minimum atomic E-state index is 0.311. The maximum atomic E-state index is 6.39. The molecule has 2 atom stereocenters. The molecule has 0 saturated heterocycles. The second kappa shape index (κ2) is 6.39. The number of nitrogens with one attached hydrogen (secondary N) is 1. The standard InChI is InChI=1S/C12H17BrClNS/c13-12-7-6-9(16-12)8-15-11-5-3-1-2-4-10(11)14/h6-7,10-11,15H,1-5,8H2. The van der Waals surface area contributed by atoms with Crippen LogP contribution in [-0.2, 0) is 6.54 Å². The summed E-state index contributed by atoms with van der Waals surface area (Å²) in [7, 11) is 0. The summed E-state index contributed by atoms with van der Waals surface area (Å²) in [4.78, 5) is 1.37. The van der Waals surface area contributed by atoms with Gasteiger partial charge in [-0.15, -0.1) is 22.9 Å². The summed E-state index contributed by atoms with van der Waals surface area (Å²) >= 11 is 11.7. The fourth-order valence-corrected chi connectivity index (χ4v) is 3.97. The molecule has 1 aliphatic rings. The second-order valence-corrected chi connectivity index (χ2v) is 7.46. The lowest BCUT2D eigenvalue weighted by Crippen LogP contribution is -2.35. The van der Waals surface area contributed by atoms with Crippen molar-refractivity contribution in [1.29, 1.82) is 0 Å². The van der Waals surface area contributed by atoms with Crippen LogP contribution in [0.2, 0.25) is 0 Å². The van der Waals surface area contributed by atoms with Crippen molar-refractivity contribution in [3.05, 3.63) is 20.8 Å². The Bertz CT molecular complexity index is 329. The van der Waals surface area contributed by atoms with Gasteiger partial charge in [0.05, 0.1) is 3.79 Å². The van der Waals surface area contributed by atoms with E-state index < -0.39 is 0 Å². The van der Waals surface area contributed by atoms with Crippen LogP contribution in [-0.4, -0.2) is 11.4 Å². The summed E-state index contributed by atoms with van der Waals surface area (Å²) in [5.41, 5.74) is 0. The topological polar surface area (TPSA) is 12.0 Å². The van der Waals surface area contributed by atoms with E-state index in [0.29, 0.717) is 11.4 Å². The largest absolute Gasteiger partial charge is 0.308 e. The highest BCUT2D eigenvalue weighted by Gasteiger charge is 2.20. The lowest BCUT2D eigenvalue weighted by Gasteiger charge is -2.20. The van der Waals surface area contributed by atoms with Gasteiger partial charge in [0.2, 0.25) is 0 Å². The Labute approximate surface area is 115 Å². The summed E-state index contributed by atoms with van der Waals surface area (Å²) in [6.07, 6.45) is 6.33. The molecular formula is C12H17BrClNS. The molecule has 2 unspecified atom stereocenters. The highest BCUT2D eigenvalue weighted by Crippen LogP contribution is 2.25. The van der Waals surface area contributed by atoms with Crippen LogP contribution in [0.25, 0.3) is 0 Å². The van der Waals surface area contributed by atoms with Gasteiger partial charge < -0.3 is 5.32 Å². The molecule has 2 rings (SSSR count). The molecule has 1 heterocycles. The Hall–Kier alpha value is 0.430. The first-order valence-corrected chi connectivity index (χ1v) is 7.92. The summed E-state index contributed by atoms with van der Waals surface area (Å²) < 4.78 is 1.20. The number of rotatable bonds is 3. The van der Waals surface area contributed by atoms with Crippen LogP contribution in [0, 0.1) is 0 Å². The molecule has 0 radical (unpaired) electrons. The molecule has 16 heavy (non-hydrogen) atoms. The summed E-state index contributed by atoms with van der Waals surface area (Å²) in [6.45, 7) is 0.949. The molecule has 1 fully saturated rings. The van der Waals surface area contributed by atoms with E-state index in [4.69, 9.17) is 11.6 Å². The maximum absolute atomic E-state index is 6.39. The van der Waals surface area contributed by atoms with Crippen LogP contribution < -0.4 is 5.32 Å². The number of alkyl halides is 1. The van der Waals surface area contributed by atoms with Crippen LogP contribution in [0.4, 0.5) is 0 Å². The van der Waals surface area contributed by atoms with Crippen molar-refractivity contribution in [3.8, 4) is 0 Å². The number of halogens is 2. The third kappa shape index (κ3) is 3.73. The van der Waals surface area contributed by atoms with E-state index in [1.807, 2.05) is 0 Å². The molecule has 1 saturated carbocycles. The molecule has 0 bridgehead atoms. The Kier molecular flexibility index (Phi) is 5.14. The molecule has 1 aromatic rings. The van der Waals surface area contributed by atoms with Crippen molar-refractivity contribution in [2.24, 2.45) is 0 Å². The summed E-state index contributed by atoms with van der Waals surface area (Å²) in [6, 6.07) is 4.76. The van der Waals surface area contributed by atoms with Crippen LogP contribution >= 0.6 is 38.9 Å². The van der Waals surface area contributed by atoms with Crippen molar-refractivity contribution in [2.45, 2.75) is 50.1 Å². The third-order valence-corrected chi connectivity index (χ3v) is 5.24. The first-order valence-electron chi connectivity index (χ1n) is 5.87. The summed E-state index contributed by atoms with van der Waals surface area (Å²) in [5, 5.41) is 3.91. The van der Waals surface area contributed by atoms with Gasteiger partial charge in [-0.05, 0) is 40.9 Å². The number of hydrogen-bond acceptors (Lipinski definition) is 2. The molecule has 1 aliphatic carbocycles. The van der Waals surface area contributed by atoms with Gasteiger partial charge in [0, 0.05) is 22.8 Å². The first-order chi connectivity index (χ1) is 7.75. The van der Waals surface area contributed by atoms with Crippen molar-refractivity contribution in [1.82, 2.24) is 5.32 Å². The Morgan fingerprint density at radius 1 is 1.31 bits per heavy atom. The van der Waals surface area contributed by atoms with E-state index in [9.17, 15) is 0 Å². The molecule has 1 aromatic heterocycles. The van der Waals surface area contributed by atoms with Crippen LogP contribution in [0.15, 0.2) is 15.9 Å². The molecular weight excluding hydrogens is 306 g/mol. The minimum Gasteiger partial charge on any atom is -0.308 e. The predicted octanol–water partition coefficient (Wildman–Crippen LogP) is 4.54. The van der Waals surface area contributed by atoms with Gasteiger partial charge in [-0.1, -0.05) is 19.3 Å². The lowest BCUT2D eigenvalue weighted by atomic mass is 10.1. The molecule has 0 spiro atoms. The number of hydrogen-bond donors (Lipinski definition) is 1. The predicted molar refractivity (Wildman–Crippen MR) is 75.4 cm³/mol. The van der Waals surface area contributed by atoms with E-state index in [-0.39, 0.29) is 0 Å². The highest BCUT2D eigenvalue weighted by atomic mass is 79.9. The zero-order valence-electron chi connectivity index (χ0n) is 9.22. The van der Waals surface area contributed by atoms with Gasteiger partial charge >= 0.3 is 0 Å². The average Bonchev–Trinajstić information content (AvgIpc) is 2.56. The highest BCUT2D eigenvalue weighted by molar-refractivity contribution is 9.11. The van der Waals surface area contributed by atoms with E-state index in [1.54, 1.807) is 11.3 Å². The van der Waals surface area contributed by atoms with Gasteiger partial charge in [-0.3, -0.25) is 0 Å². The average molecular weight is 323 g/mol. The third-order valence-electron chi connectivity index (χ3n) is 3.10. The van der Waals surface area contributed by atoms with E-state index in [2.05, 4.69) is 33.4 Å². The van der Waals surface area contributed by atoms with E-state index >= 15 is 0 Å². The normalized spacial score (nSPS) is 26.6. The summed E-state index contributed by atoms with van der Waals surface area (Å²) in [5.74, 6) is 0. The molecule has 0 aliphatic heterocycles. The second-order valence-electron chi connectivity index (χ2n) is 4.35. The molecule has 0 amide bonds.